The van der Waals surface area contributed by atoms with Crippen molar-refractivity contribution >= 4 is 37.3 Å². The Hall–Kier alpha value is -3.66. The molecule has 0 unspecified atom stereocenters. The number of nitrogens with zero attached hydrogens (tertiary/aromatic N) is 3. The lowest BCUT2D eigenvalue weighted by Gasteiger charge is -2.31. The summed E-state index contributed by atoms with van der Waals surface area (Å²) in [7, 11) is -3.23. The molecule has 7 nitrogen and oxygen atoms in total. The number of ether oxygens (including phenoxy) is 1. The van der Waals surface area contributed by atoms with Gasteiger partial charge in [0.1, 0.15) is 0 Å². The third-order valence-corrected chi connectivity index (χ3v) is 11.4. The molecule has 1 spiro atoms. The predicted octanol–water partition coefficient (Wildman–Crippen LogP) is 5.92. The molecule has 0 aliphatic carbocycles. The van der Waals surface area contributed by atoms with Crippen LogP contribution in [0.15, 0.2) is 84.0 Å². The molecule has 1 fully saturated rings. The van der Waals surface area contributed by atoms with Crippen LogP contribution in [0, 0.1) is 5.92 Å². The molecule has 3 aliphatic rings. The van der Waals surface area contributed by atoms with Crippen LogP contribution in [0.4, 0.5) is 15.5 Å². The molecule has 218 valence electrons. The molecule has 9 heteroatoms. The van der Waals surface area contributed by atoms with Gasteiger partial charge in [0.15, 0.2) is 5.60 Å². The minimum atomic E-state index is -3.23. The summed E-state index contributed by atoms with van der Waals surface area (Å²) in [4.78, 5) is 28.8. The molecule has 3 heterocycles. The van der Waals surface area contributed by atoms with E-state index >= 15 is 4.11 Å². The van der Waals surface area contributed by atoms with Gasteiger partial charge in [-0.25, -0.2) is 5.01 Å². The standard InChI is InChI=1S/C33H36FN3O4Si/c1-22-31(42(2,3)34)29(19-20-38)41-33(22)26-11-7-8-12-28(26)36(32(33)40)21-23-13-15-25(16-14-23)37-30(39)18-17-27(35-37)24-9-5-4-6-10-24/h4-16,22,29,31,38H,17-21H2,1-3H3/t22-,29+,31-,33+/m1/s1. The molecule has 6 rings (SSSR count). The summed E-state index contributed by atoms with van der Waals surface area (Å²) in [5, 5.41) is 15.8. The smallest absolute Gasteiger partial charge is 0.264 e. The van der Waals surface area contributed by atoms with Crippen molar-refractivity contribution in [1.82, 2.24) is 0 Å². The number of benzene rings is 3. The number of aliphatic hydroxyl groups is 1. The van der Waals surface area contributed by atoms with E-state index in [0.29, 0.717) is 25.1 Å². The number of carbonyl (C=O) groups excluding carboxylic acids is 2. The fraction of sp³-hybridized carbons (Fsp3) is 0.364. The fourth-order valence-corrected chi connectivity index (χ4v) is 9.62. The van der Waals surface area contributed by atoms with Crippen molar-refractivity contribution in [3.05, 3.63) is 95.6 Å². The van der Waals surface area contributed by atoms with Crippen molar-refractivity contribution in [2.75, 3.05) is 16.5 Å². The highest BCUT2D eigenvalue weighted by molar-refractivity contribution is 6.72. The van der Waals surface area contributed by atoms with Crippen molar-refractivity contribution in [1.29, 1.82) is 0 Å². The van der Waals surface area contributed by atoms with E-state index in [4.69, 9.17) is 4.74 Å². The zero-order chi connectivity index (χ0) is 29.6. The van der Waals surface area contributed by atoms with Gasteiger partial charge in [0, 0.05) is 36.5 Å². The molecule has 1 N–H and O–H groups in total. The minimum absolute atomic E-state index is 0.0632. The number of hydrogen-bond acceptors (Lipinski definition) is 5. The van der Waals surface area contributed by atoms with Crippen LogP contribution in [0.3, 0.4) is 0 Å². The first-order valence-electron chi connectivity index (χ1n) is 14.6. The summed E-state index contributed by atoms with van der Waals surface area (Å²) < 4.78 is 22.2. The fourth-order valence-electron chi connectivity index (χ4n) is 7.07. The topological polar surface area (TPSA) is 82.4 Å². The van der Waals surface area contributed by atoms with Gasteiger partial charge in [0.2, 0.25) is 14.3 Å². The number of halogens is 1. The van der Waals surface area contributed by atoms with Gasteiger partial charge in [-0.3, -0.25) is 9.59 Å². The summed E-state index contributed by atoms with van der Waals surface area (Å²) in [6, 6.07) is 25.0. The Kier molecular flexibility index (Phi) is 7.37. The lowest BCUT2D eigenvalue weighted by Crippen LogP contribution is -2.45. The maximum atomic E-state index is 15.7. The third kappa shape index (κ3) is 4.69. The number of amides is 2. The average Bonchev–Trinajstić information content (AvgIpc) is 3.41. The first-order valence-corrected chi connectivity index (χ1v) is 17.5. The Balaban J connectivity index is 1.28. The number of hydrogen-bond donors (Lipinski definition) is 1. The summed E-state index contributed by atoms with van der Waals surface area (Å²) in [5.74, 6) is -0.650. The van der Waals surface area contributed by atoms with Crippen molar-refractivity contribution in [3.8, 4) is 0 Å². The van der Waals surface area contributed by atoms with Gasteiger partial charge in [0.25, 0.3) is 5.91 Å². The van der Waals surface area contributed by atoms with Crippen molar-refractivity contribution in [2.24, 2.45) is 11.0 Å². The Bertz CT molecular complexity index is 1520. The molecule has 3 aromatic carbocycles. The van der Waals surface area contributed by atoms with E-state index in [1.165, 1.54) is 5.01 Å². The lowest BCUT2D eigenvalue weighted by atomic mass is 9.82. The first-order chi connectivity index (χ1) is 20.1. The van der Waals surface area contributed by atoms with Crippen LogP contribution in [0.2, 0.25) is 18.6 Å². The molecular formula is C33H36FN3O4Si. The number of aliphatic hydroxyl groups excluding tert-OH is 1. The molecule has 0 bridgehead atoms. The van der Waals surface area contributed by atoms with Crippen LogP contribution >= 0.6 is 0 Å². The van der Waals surface area contributed by atoms with Crippen molar-refractivity contribution < 1.29 is 23.5 Å². The summed E-state index contributed by atoms with van der Waals surface area (Å²) in [6.07, 6.45) is 0.734. The maximum Gasteiger partial charge on any atom is 0.264 e. The molecule has 4 atom stereocenters. The Morgan fingerprint density at radius 3 is 2.38 bits per heavy atom. The molecule has 3 aliphatic heterocycles. The number of carbonyl (C=O) groups is 2. The molecule has 0 aromatic heterocycles. The zero-order valence-electron chi connectivity index (χ0n) is 24.2. The summed E-state index contributed by atoms with van der Waals surface area (Å²) in [6.45, 7) is 5.41. The van der Waals surface area contributed by atoms with E-state index < -0.39 is 25.7 Å². The molecule has 0 radical (unpaired) electrons. The second-order valence-electron chi connectivity index (χ2n) is 12.0. The van der Waals surface area contributed by atoms with Crippen LogP contribution in [0.25, 0.3) is 0 Å². The van der Waals surface area contributed by atoms with Gasteiger partial charge in [-0.1, -0.05) is 67.6 Å². The van der Waals surface area contributed by atoms with Gasteiger partial charge in [-0.15, -0.1) is 0 Å². The van der Waals surface area contributed by atoms with Crippen molar-refractivity contribution in [3.63, 3.8) is 0 Å². The lowest BCUT2D eigenvalue weighted by molar-refractivity contribution is -0.146. The monoisotopic (exact) mass is 585 g/mol. The second-order valence-corrected chi connectivity index (χ2v) is 15.8. The quantitative estimate of drug-likeness (QED) is 0.276. The summed E-state index contributed by atoms with van der Waals surface area (Å²) in [5.41, 5.74) is 3.20. The highest BCUT2D eigenvalue weighted by Crippen LogP contribution is 2.60. The molecule has 42 heavy (non-hydrogen) atoms. The highest BCUT2D eigenvalue weighted by Gasteiger charge is 2.66. The highest BCUT2D eigenvalue weighted by atomic mass is 28.4. The first kappa shape index (κ1) is 28.5. The van der Waals surface area contributed by atoms with E-state index in [2.05, 4.69) is 5.10 Å². The van der Waals surface area contributed by atoms with Gasteiger partial charge >= 0.3 is 0 Å². The maximum absolute atomic E-state index is 15.7. The predicted molar refractivity (Wildman–Crippen MR) is 164 cm³/mol. The van der Waals surface area contributed by atoms with Crippen LogP contribution in [0.1, 0.15) is 42.9 Å². The van der Waals surface area contributed by atoms with E-state index in [9.17, 15) is 14.7 Å². The normalized spacial score (nSPS) is 25.7. The Morgan fingerprint density at radius 1 is 1.00 bits per heavy atom. The molecule has 3 aromatic rings. The van der Waals surface area contributed by atoms with Gasteiger partial charge < -0.3 is 18.9 Å². The molecule has 2 amide bonds. The largest absolute Gasteiger partial charge is 0.396 e. The van der Waals surface area contributed by atoms with Crippen LogP contribution in [-0.2, 0) is 26.5 Å². The van der Waals surface area contributed by atoms with E-state index in [1.807, 2.05) is 85.8 Å². The van der Waals surface area contributed by atoms with Gasteiger partial charge in [0.05, 0.1) is 29.7 Å². The van der Waals surface area contributed by atoms with Gasteiger partial charge in [-0.2, -0.15) is 5.10 Å². The number of rotatable bonds is 7. The van der Waals surface area contributed by atoms with Gasteiger partial charge in [-0.05, 0) is 48.8 Å². The van der Waals surface area contributed by atoms with E-state index in [-0.39, 0.29) is 30.8 Å². The SMILES string of the molecule is C[C@@H]1[C@@H]([Si](C)(C)F)[C@H](CCO)O[C@@]12C(=O)N(Cc1ccc(N3N=C(c4ccccc4)CCC3=O)cc1)c1ccccc12. The number of hydrazone groups is 1. The van der Waals surface area contributed by atoms with Crippen LogP contribution in [-0.4, -0.2) is 43.8 Å². The third-order valence-electron chi connectivity index (χ3n) is 8.94. The molecular weight excluding hydrogens is 549 g/mol. The molecule has 0 saturated carbocycles. The number of anilines is 2. The van der Waals surface area contributed by atoms with Crippen molar-refractivity contribution in [2.45, 2.75) is 63.1 Å². The Morgan fingerprint density at radius 2 is 1.69 bits per heavy atom. The molecule has 1 saturated heterocycles. The van der Waals surface area contributed by atoms with Crippen LogP contribution < -0.4 is 9.91 Å². The van der Waals surface area contributed by atoms with E-state index in [0.717, 1.165) is 28.1 Å². The second kappa shape index (κ2) is 10.9. The zero-order valence-corrected chi connectivity index (χ0v) is 25.2. The van der Waals surface area contributed by atoms with Crippen LogP contribution in [0.5, 0.6) is 0 Å². The summed E-state index contributed by atoms with van der Waals surface area (Å²) >= 11 is 0. The number of fused-ring (bicyclic) bond motifs is 2. The van der Waals surface area contributed by atoms with E-state index in [1.54, 1.807) is 18.0 Å². The minimum Gasteiger partial charge on any atom is -0.396 e. The Labute approximate surface area is 246 Å². The average molecular weight is 586 g/mol. The number of para-hydroxylation sites is 1.